The summed E-state index contributed by atoms with van der Waals surface area (Å²) in [6.45, 7) is 5.71. The Bertz CT molecular complexity index is 716. The van der Waals surface area contributed by atoms with Crippen molar-refractivity contribution in [2.45, 2.75) is 20.0 Å². The van der Waals surface area contributed by atoms with E-state index in [0.717, 1.165) is 24.1 Å². The lowest BCUT2D eigenvalue weighted by Gasteiger charge is -2.27. The van der Waals surface area contributed by atoms with Gasteiger partial charge in [0.1, 0.15) is 6.54 Å². The summed E-state index contributed by atoms with van der Waals surface area (Å²) in [6.07, 6.45) is 0. The normalized spacial score (nSPS) is 14.9. The monoisotopic (exact) mass is 324 g/mol. The molecule has 1 aromatic carbocycles. The van der Waals surface area contributed by atoms with Crippen LogP contribution in [0.5, 0.6) is 0 Å². The second-order valence-corrected chi connectivity index (χ2v) is 5.23. The van der Waals surface area contributed by atoms with Crippen LogP contribution in [0.25, 0.3) is 11.0 Å². The van der Waals surface area contributed by atoms with E-state index in [-0.39, 0.29) is 30.5 Å². The van der Waals surface area contributed by atoms with Gasteiger partial charge in [0.05, 0.1) is 11.0 Å². The average molecular weight is 325 g/mol. The lowest BCUT2D eigenvalue weighted by atomic mass is 10.3. The molecule has 1 amide bonds. The zero-order valence-electron chi connectivity index (χ0n) is 12.6. The molecule has 1 aromatic heterocycles. The number of hydrogen-bond acceptors (Lipinski definition) is 3. The molecule has 1 N–H and O–H groups in total. The lowest BCUT2D eigenvalue weighted by Crippen LogP contribution is -2.48. The highest BCUT2D eigenvalue weighted by molar-refractivity contribution is 5.85. The molecule has 2 heterocycles. The van der Waals surface area contributed by atoms with E-state index in [0.29, 0.717) is 19.6 Å². The number of rotatable bonds is 3. The van der Waals surface area contributed by atoms with E-state index < -0.39 is 0 Å². The largest absolute Gasteiger partial charge is 0.339 e. The number of nitrogens with one attached hydrogen (secondary N) is 1. The molecule has 2 aromatic rings. The van der Waals surface area contributed by atoms with Gasteiger partial charge in [0.25, 0.3) is 0 Å². The number of carbonyl (C=O) groups is 1. The molecule has 0 spiro atoms. The van der Waals surface area contributed by atoms with Gasteiger partial charge in [-0.2, -0.15) is 0 Å². The van der Waals surface area contributed by atoms with Crippen LogP contribution >= 0.6 is 12.4 Å². The third kappa shape index (κ3) is 2.89. The zero-order chi connectivity index (χ0) is 14.8. The van der Waals surface area contributed by atoms with Gasteiger partial charge < -0.3 is 10.2 Å². The molecule has 0 bridgehead atoms. The number of carbonyl (C=O) groups excluding carboxylic acids is 1. The molecule has 0 radical (unpaired) electrons. The number of hydrogen-bond donors (Lipinski definition) is 1. The quantitative estimate of drug-likeness (QED) is 0.903. The molecule has 22 heavy (non-hydrogen) atoms. The molecule has 3 rings (SSSR count). The number of benzene rings is 1. The Hall–Kier alpha value is -1.79. The first-order chi connectivity index (χ1) is 10.2. The van der Waals surface area contributed by atoms with E-state index in [1.54, 1.807) is 9.13 Å². The van der Waals surface area contributed by atoms with Gasteiger partial charge in [-0.05, 0) is 19.1 Å². The van der Waals surface area contributed by atoms with Crippen molar-refractivity contribution < 1.29 is 4.79 Å². The zero-order valence-corrected chi connectivity index (χ0v) is 13.4. The Morgan fingerprint density at radius 1 is 1.14 bits per heavy atom. The van der Waals surface area contributed by atoms with Crippen molar-refractivity contribution in [3.63, 3.8) is 0 Å². The summed E-state index contributed by atoms with van der Waals surface area (Å²) in [5, 5.41) is 3.22. The molecule has 1 saturated heterocycles. The summed E-state index contributed by atoms with van der Waals surface area (Å²) in [4.78, 5) is 26.7. The maximum Gasteiger partial charge on any atom is 0.329 e. The minimum atomic E-state index is -0.109. The fourth-order valence-corrected chi connectivity index (χ4v) is 2.88. The van der Waals surface area contributed by atoms with E-state index >= 15 is 0 Å². The highest BCUT2D eigenvalue weighted by Crippen LogP contribution is 2.13. The standard InChI is InChI=1S/C15H20N4O2.ClH/c1-2-18-12-5-3-4-6-13(12)19(15(18)21)11-14(20)17-9-7-16-8-10-17;/h3-6,16H,2,7-11H2,1H3;1H. The topological polar surface area (TPSA) is 59.3 Å². The van der Waals surface area contributed by atoms with Crippen LogP contribution in [0.1, 0.15) is 6.92 Å². The Morgan fingerprint density at radius 2 is 1.73 bits per heavy atom. The van der Waals surface area contributed by atoms with Gasteiger partial charge in [-0.15, -0.1) is 12.4 Å². The van der Waals surface area contributed by atoms with Crippen molar-refractivity contribution in [3.05, 3.63) is 34.7 Å². The van der Waals surface area contributed by atoms with Crippen LogP contribution < -0.4 is 11.0 Å². The number of para-hydroxylation sites is 2. The van der Waals surface area contributed by atoms with Crippen molar-refractivity contribution in [1.82, 2.24) is 19.4 Å². The van der Waals surface area contributed by atoms with Gasteiger partial charge in [-0.25, -0.2) is 4.79 Å². The number of amides is 1. The maximum absolute atomic E-state index is 12.5. The first-order valence-electron chi connectivity index (χ1n) is 7.39. The fraction of sp³-hybridized carbons (Fsp3) is 0.467. The minimum absolute atomic E-state index is 0. The van der Waals surface area contributed by atoms with E-state index in [9.17, 15) is 9.59 Å². The van der Waals surface area contributed by atoms with E-state index in [1.807, 2.05) is 36.1 Å². The molecule has 7 heteroatoms. The fourth-order valence-electron chi connectivity index (χ4n) is 2.88. The third-order valence-corrected chi connectivity index (χ3v) is 4.00. The minimum Gasteiger partial charge on any atom is -0.339 e. The highest BCUT2D eigenvalue weighted by Gasteiger charge is 2.19. The number of piperazine rings is 1. The first-order valence-corrected chi connectivity index (χ1v) is 7.39. The first kappa shape index (κ1) is 16.6. The van der Waals surface area contributed by atoms with Crippen LogP contribution in [0.15, 0.2) is 29.1 Å². The van der Waals surface area contributed by atoms with Crippen LogP contribution in [0.3, 0.4) is 0 Å². The number of imidazole rings is 1. The molecule has 0 saturated carbocycles. The summed E-state index contributed by atoms with van der Waals surface area (Å²) < 4.78 is 3.30. The summed E-state index contributed by atoms with van der Waals surface area (Å²) >= 11 is 0. The third-order valence-electron chi connectivity index (χ3n) is 4.00. The van der Waals surface area contributed by atoms with Gasteiger partial charge >= 0.3 is 5.69 Å². The number of halogens is 1. The van der Waals surface area contributed by atoms with Gasteiger partial charge in [0, 0.05) is 32.7 Å². The number of aromatic nitrogens is 2. The van der Waals surface area contributed by atoms with Crippen molar-refractivity contribution >= 4 is 29.3 Å². The van der Waals surface area contributed by atoms with Gasteiger partial charge in [0.2, 0.25) is 5.91 Å². The molecule has 0 aliphatic carbocycles. The predicted octanol–water partition coefficient (Wildman–Crippen LogP) is 0.677. The molecule has 0 unspecified atom stereocenters. The molecule has 1 fully saturated rings. The van der Waals surface area contributed by atoms with Crippen LogP contribution in [-0.2, 0) is 17.9 Å². The molecule has 0 atom stereocenters. The summed E-state index contributed by atoms with van der Waals surface area (Å²) in [5.41, 5.74) is 1.60. The molecule has 1 aliphatic rings. The smallest absolute Gasteiger partial charge is 0.329 e. The van der Waals surface area contributed by atoms with E-state index in [1.165, 1.54) is 0 Å². The second-order valence-electron chi connectivity index (χ2n) is 5.23. The Balaban J connectivity index is 0.00000176. The van der Waals surface area contributed by atoms with E-state index in [4.69, 9.17) is 0 Å². The van der Waals surface area contributed by atoms with E-state index in [2.05, 4.69) is 5.32 Å². The molecule has 6 nitrogen and oxygen atoms in total. The summed E-state index contributed by atoms with van der Waals surface area (Å²) in [7, 11) is 0. The van der Waals surface area contributed by atoms with Gasteiger partial charge in [-0.3, -0.25) is 13.9 Å². The molecular weight excluding hydrogens is 304 g/mol. The molecule has 1 aliphatic heterocycles. The molecular formula is C15H21ClN4O2. The summed E-state index contributed by atoms with van der Waals surface area (Å²) in [6, 6.07) is 7.63. The Labute approximate surface area is 135 Å². The highest BCUT2D eigenvalue weighted by atomic mass is 35.5. The van der Waals surface area contributed by atoms with Crippen molar-refractivity contribution in [3.8, 4) is 0 Å². The molecule has 120 valence electrons. The summed E-state index contributed by atoms with van der Waals surface area (Å²) in [5.74, 6) is 0.0117. The van der Waals surface area contributed by atoms with Crippen LogP contribution in [0, 0.1) is 0 Å². The predicted molar refractivity (Wildman–Crippen MR) is 88.6 cm³/mol. The van der Waals surface area contributed by atoms with Crippen molar-refractivity contribution in [2.24, 2.45) is 0 Å². The SMILES string of the molecule is CCn1c(=O)n(CC(=O)N2CCNCC2)c2ccccc21.Cl. The van der Waals surface area contributed by atoms with Crippen molar-refractivity contribution in [2.75, 3.05) is 26.2 Å². The van der Waals surface area contributed by atoms with Crippen molar-refractivity contribution in [1.29, 1.82) is 0 Å². The van der Waals surface area contributed by atoms with Crippen LogP contribution in [0.4, 0.5) is 0 Å². The Kier molecular flexibility index (Phi) is 5.26. The number of fused-ring (bicyclic) bond motifs is 1. The van der Waals surface area contributed by atoms with Crippen LogP contribution in [-0.4, -0.2) is 46.1 Å². The maximum atomic E-state index is 12.5. The Morgan fingerprint density at radius 3 is 2.32 bits per heavy atom. The van der Waals surface area contributed by atoms with Gasteiger partial charge in [-0.1, -0.05) is 12.1 Å². The lowest BCUT2D eigenvalue weighted by molar-refractivity contribution is -0.132. The van der Waals surface area contributed by atoms with Crippen LogP contribution in [0.2, 0.25) is 0 Å². The van der Waals surface area contributed by atoms with Gasteiger partial charge in [0.15, 0.2) is 0 Å². The number of nitrogens with zero attached hydrogens (tertiary/aromatic N) is 3. The number of aryl methyl sites for hydroxylation is 1. The second kappa shape index (κ2) is 6.98. The average Bonchev–Trinajstić information content (AvgIpc) is 2.80.